The van der Waals surface area contributed by atoms with Crippen LogP contribution in [-0.2, 0) is 14.6 Å². The second-order valence-corrected chi connectivity index (χ2v) is 10.8. The number of nitrogens with one attached hydrogen (secondary N) is 1. The molecular weight excluding hydrogens is 324 g/mol. The third kappa shape index (κ3) is 3.96. The van der Waals surface area contributed by atoms with Crippen molar-refractivity contribution in [3.8, 4) is 0 Å². The summed E-state index contributed by atoms with van der Waals surface area (Å²) in [6.07, 6.45) is 8.50. The molecule has 3 aliphatic rings. The first-order valence-corrected chi connectivity index (χ1v) is 11.4. The van der Waals surface area contributed by atoms with Crippen LogP contribution in [0.4, 0.5) is 0 Å². The molecule has 0 spiro atoms. The molecule has 2 atom stereocenters. The quantitative estimate of drug-likeness (QED) is 0.819. The van der Waals surface area contributed by atoms with E-state index in [1.165, 1.54) is 12.8 Å². The summed E-state index contributed by atoms with van der Waals surface area (Å²) < 4.78 is 23.8. The first-order valence-electron chi connectivity index (χ1n) is 9.53. The van der Waals surface area contributed by atoms with Crippen molar-refractivity contribution in [3.63, 3.8) is 0 Å². The molecule has 0 unspecified atom stereocenters. The second-order valence-electron chi connectivity index (χ2n) is 8.61. The molecule has 138 valence electrons. The monoisotopic (exact) mass is 356 g/mol. The highest BCUT2D eigenvalue weighted by Gasteiger charge is 2.40. The minimum absolute atomic E-state index is 0.103. The summed E-state index contributed by atoms with van der Waals surface area (Å²) >= 11 is 0. The fraction of sp³-hybridized carbons (Fsp3) is 0.944. The van der Waals surface area contributed by atoms with Gasteiger partial charge in [0.15, 0.2) is 9.84 Å². The average molecular weight is 357 g/mol. The molecule has 1 heterocycles. The highest BCUT2D eigenvalue weighted by atomic mass is 32.2. The lowest BCUT2D eigenvalue weighted by atomic mass is 9.87. The normalized spacial score (nSPS) is 32.2. The van der Waals surface area contributed by atoms with E-state index in [2.05, 4.69) is 19.2 Å². The Morgan fingerprint density at radius 3 is 2.33 bits per heavy atom. The largest absolute Gasteiger partial charge is 0.335 e. The van der Waals surface area contributed by atoms with Gasteiger partial charge in [-0.1, -0.05) is 33.1 Å². The highest BCUT2D eigenvalue weighted by molar-refractivity contribution is 7.91. The molecule has 6 heteroatoms. The van der Waals surface area contributed by atoms with Crippen molar-refractivity contribution in [3.05, 3.63) is 0 Å². The van der Waals surface area contributed by atoms with Crippen LogP contribution < -0.4 is 5.32 Å². The summed E-state index contributed by atoms with van der Waals surface area (Å²) in [6, 6.07) is 0.525. The van der Waals surface area contributed by atoms with Crippen molar-refractivity contribution < 1.29 is 13.2 Å². The van der Waals surface area contributed by atoms with Crippen molar-refractivity contribution in [1.82, 2.24) is 10.2 Å². The Balaban J connectivity index is 1.65. The molecule has 2 saturated carbocycles. The second kappa shape index (κ2) is 6.94. The van der Waals surface area contributed by atoms with Gasteiger partial charge in [-0.15, -0.1) is 0 Å². The van der Waals surface area contributed by atoms with Crippen molar-refractivity contribution in [2.45, 2.75) is 83.3 Å². The number of rotatable bonds is 5. The third-order valence-electron chi connectivity index (χ3n) is 6.36. The van der Waals surface area contributed by atoms with E-state index >= 15 is 0 Å². The molecule has 1 saturated heterocycles. The van der Waals surface area contributed by atoms with E-state index in [1.807, 2.05) is 4.90 Å². The molecule has 3 rings (SSSR count). The summed E-state index contributed by atoms with van der Waals surface area (Å²) in [4.78, 5) is 14.9. The predicted octanol–water partition coefficient (Wildman–Crippen LogP) is 2.11. The summed E-state index contributed by atoms with van der Waals surface area (Å²) in [6.45, 7) is 4.88. The lowest BCUT2D eigenvalue weighted by Gasteiger charge is -2.35. The van der Waals surface area contributed by atoms with Gasteiger partial charge in [0.2, 0.25) is 5.91 Å². The van der Waals surface area contributed by atoms with Gasteiger partial charge in [0.25, 0.3) is 0 Å². The van der Waals surface area contributed by atoms with E-state index in [4.69, 9.17) is 0 Å². The van der Waals surface area contributed by atoms with Gasteiger partial charge in [0, 0.05) is 18.1 Å². The number of carbonyl (C=O) groups excluding carboxylic acids is 1. The van der Waals surface area contributed by atoms with Crippen molar-refractivity contribution in [2.24, 2.45) is 5.41 Å². The fourth-order valence-corrected chi connectivity index (χ4v) is 6.60. The maximum atomic E-state index is 13.0. The third-order valence-corrected chi connectivity index (χ3v) is 8.12. The molecule has 1 amide bonds. The molecule has 0 aromatic rings. The van der Waals surface area contributed by atoms with Crippen LogP contribution in [0.2, 0.25) is 0 Å². The Labute approximate surface area is 146 Å². The summed E-state index contributed by atoms with van der Waals surface area (Å²) in [5.41, 5.74) is 0.245. The maximum Gasteiger partial charge on any atom is 0.237 e. The Bertz CT molecular complexity index is 567. The fourth-order valence-electron chi connectivity index (χ4n) is 4.89. The van der Waals surface area contributed by atoms with Crippen LogP contribution >= 0.6 is 0 Å². The van der Waals surface area contributed by atoms with E-state index in [0.29, 0.717) is 19.0 Å². The van der Waals surface area contributed by atoms with Crippen LogP contribution in [0.3, 0.4) is 0 Å². The number of nitrogens with zero attached hydrogens (tertiary/aromatic N) is 1. The van der Waals surface area contributed by atoms with Crippen LogP contribution in [0, 0.1) is 5.41 Å². The zero-order chi connectivity index (χ0) is 17.4. The lowest BCUT2D eigenvalue weighted by Crippen LogP contribution is -2.52. The Morgan fingerprint density at radius 2 is 1.79 bits per heavy atom. The minimum Gasteiger partial charge on any atom is -0.335 e. The summed E-state index contributed by atoms with van der Waals surface area (Å²) in [7, 11) is -2.97. The first-order chi connectivity index (χ1) is 11.3. The van der Waals surface area contributed by atoms with E-state index in [9.17, 15) is 13.2 Å². The molecule has 3 fully saturated rings. The van der Waals surface area contributed by atoms with Crippen LogP contribution in [0.1, 0.15) is 65.2 Å². The molecular formula is C18H32N2O3S. The molecule has 1 N–H and O–H groups in total. The molecule has 5 nitrogen and oxygen atoms in total. The molecule has 0 radical (unpaired) electrons. The number of carbonyl (C=O) groups is 1. The number of amides is 1. The van der Waals surface area contributed by atoms with Crippen LogP contribution in [0.5, 0.6) is 0 Å². The van der Waals surface area contributed by atoms with Gasteiger partial charge in [-0.3, -0.25) is 4.79 Å². The van der Waals surface area contributed by atoms with Gasteiger partial charge in [-0.05, 0) is 37.5 Å². The van der Waals surface area contributed by atoms with Gasteiger partial charge in [0.05, 0.1) is 18.1 Å². The zero-order valence-electron chi connectivity index (χ0n) is 15.1. The Kier molecular flexibility index (Phi) is 5.26. The number of hydrogen-bond acceptors (Lipinski definition) is 4. The highest BCUT2D eigenvalue weighted by Crippen LogP contribution is 2.37. The molecule has 1 aliphatic heterocycles. The zero-order valence-corrected chi connectivity index (χ0v) is 15.9. The Hall–Kier alpha value is -0.620. The van der Waals surface area contributed by atoms with E-state index in [0.717, 1.165) is 32.1 Å². The minimum atomic E-state index is -2.97. The van der Waals surface area contributed by atoms with Crippen LogP contribution in [0.25, 0.3) is 0 Å². The van der Waals surface area contributed by atoms with Gasteiger partial charge >= 0.3 is 0 Å². The summed E-state index contributed by atoms with van der Waals surface area (Å²) in [5, 5.41) is 3.48. The van der Waals surface area contributed by atoms with Crippen molar-refractivity contribution >= 4 is 15.7 Å². The van der Waals surface area contributed by atoms with Gasteiger partial charge in [-0.25, -0.2) is 8.42 Å². The Morgan fingerprint density at radius 1 is 1.08 bits per heavy atom. The van der Waals surface area contributed by atoms with Crippen molar-refractivity contribution in [2.75, 3.05) is 18.1 Å². The number of sulfone groups is 1. The topological polar surface area (TPSA) is 66.5 Å². The van der Waals surface area contributed by atoms with Gasteiger partial charge in [0.1, 0.15) is 0 Å². The molecule has 0 aromatic carbocycles. The van der Waals surface area contributed by atoms with Crippen molar-refractivity contribution in [1.29, 1.82) is 0 Å². The summed E-state index contributed by atoms with van der Waals surface area (Å²) in [5.74, 6) is 0.494. The van der Waals surface area contributed by atoms with Gasteiger partial charge in [-0.2, -0.15) is 0 Å². The SMILES string of the molecule is CC1(C)CCC[C@@H]1NCC(=O)N(C1CCCC1)[C@@H]1CCS(=O)(=O)C1. The smallest absolute Gasteiger partial charge is 0.237 e. The molecule has 2 aliphatic carbocycles. The van der Waals surface area contributed by atoms with Gasteiger partial charge < -0.3 is 10.2 Å². The van der Waals surface area contributed by atoms with E-state index in [-0.39, 0.29) is 34.9 Å². The lowest BCUT2D eigenvalue weighted by molar-refractivity contribution is -0.134. The molecule has 0 aromatic heterocycles. The predicted molar refractivity (Wildman–Crippen MR) is 95.6 cm³/mol. The number of hydrogen-bond donors (Lipinski definition) is 1. The first kappa shape index (κ1) is 18.2. The van der Waals surface area contributed by atoms with Crippen LogP contribution in [-0.4, -0.2) is 55.4 Å². The van der Waals surface area contributed by atoms with Crippen LogP contribution in [0.15, 0.2) is 0 Å². The molecule has 0 bridgehead atoms. The van der Waals surface area contributed by atoms with E-state index < -0.39 is 9.84 Å². The molecule has 24 heavy (non-hydrogen) atoms. The standard InChI is InChI=1S/C18H32N2O3S/c1-18(2)10-5-8-16(18)19-12-17(21)20(14-6-3-4-7-14)15-9-11-24(22,23)13-15/h14-16,19H,3-13H2,1-2H3/t15-,16+/m1/s1. The maximum absolute atomic E-state index is 13.0. The average Bonchev–Trinajstić information content (AvgIpc) is 3.19. The van der Waals surface area contributed by atoms with E-state index in [1.54, 1.807) is 0 Å².